The second-order valence-electron chi connectivity index (χ2n) is 14.5. The van der Waals surface area contributed by atoms with E-state index in [4.69, 9.17) is 0 Å². The van der Waals surface area contributed by atoms with E-state index >= 15 is 0 Å². The van der Waals surface area contributed by atoms with E-state index in [2.05, 4.69) is 203 Å². The summed E-state index contributed by atoms with van der Waals surface area (Å²) in [5, 5.41) is 15.2. The third-order valence-electron chi connectivity index (χ3n) is 11.6. The van der Waals surface area contributed by atoms with Crippen molar-refractivity contribution in [3.63, 3.8) is 0 Å². The van der Waals surface area contributed by atoms with Crippen molar-refractivity contribution < 1.29 is 0 Å². The molecule has 0 bridgehead atoms. The van der Waals surface area contributed by atoms with Gasteiger partial charge in [-0.25, -0.2) is 0 Å². The predicted octanol–water partition coefficient (Wildman–Crippen LogP) is 14.2. The minimum Gasteiger partial charge on any atom is -0.309 e. The van der Waals surface area contributed by atoms with Gasteiger partial charge in [0.2, 0.25) is 0 Å². The molecule has 0 radical (unpaired) electrons. The van der Waals surface area contributed by atoms with Gasteiger partial charge >= 0.3 is 0 Å². The highest BCUT2D eigenvalue weighted by Gasteiger charge is 2.19. The molecular weight excluding hydrogens is 653 g/mol. The fraction of sp³-hybridized carbons (Fsp3) is 0. The molecule has 0 unspecified atom stereocenters. The molecule has 0 saturated heterocycles. The van der Waals surface area contributed by atoms with Crippen LogP contribution in [0.1, 0.15) is 0 Å². The van der Waals surface area contributed by atoms with Crippen molar-refractivity contribution in [2.75, 3.05) is 0 Å². The van der Waals surface area contributed by atoms with Crippen LogP contribution < -0.4 is 0 Å². The van der Waals surface area contributed by atoms with Gasteiger partial charge in [0.15, 0.2) is 0 Å². The van der Waals surface area contributed by atoms with Crippen LogP contribution >= 0.6 is 0 Å². The Kier molecular flexibility index (Phi) is 6.09. The first-order valence-electron chi connectivity index (χ1n) is 18.7. The molecule has 10 aromatic carbocycles. The predicted molar refractivity (Wildman–Crippen MR) is 231 cm³/mol. The van der Waals surface area contributed by atoms with Gasteiger partial charge in [-0.05, 0) is 115 Å². The number of para-hydroxylation sites is 1. The summed E-state index contributed by atoms with van der Waals surface area (Å²) >= 11 is 0. The summed E-state index contributed by atoms with van der Waals surface area (Å²) in [6, 6.07) is 71.6. The number of rotatable bonds is 3. The monoisotopic (exact) mass is 684 g/mol. The summed E-state index contributed by atoms with van der Waals surface area (Å²) in [5.74, 6) is 0. The molecule has 0 aliphatic rings. The van der Waals surface area contributed by atoms with Crippen molar-refractivity contribution >= 4 is 86.7 Å². The first kappa shape index (κ1) is 29.4. The maximum Gasteiger partial charge on any atom is 0.0547 e. The summed E-state index contributed by atoms with van der Waals surface area (Å²) < 4.78 is 4.92. The normalized spacial score (nSPS) is 12.1. The molecular formula is C52H32N2. The second-order valence-corrected chi connectivity index (χ2v) is 14.5. The zero-order valence-corrected chi connectivity index (χ0v) is 29.4. The van der Waals surface area contributed by atoms with Gasteiger partial charge in [0, 0.05) is 32.9 Å². The van der Waals surface area contributed by atoms with E-state index in [9.17, 15) is 0 Å². The van der Waals surface area contributed by atoms with E-state index in [0.717, 1.165) is 11.4 Å². The third-order valence-corrected chi connectivity index (χ3v) is 11.6. The van der Waals surface area contributed by atoms with Crippen molar-refractivity contribution in [3.8, 4) is 22.5 Å². The van der Waals surface area contributed by atoms with Crippen LogP contribution in [-0.4, -0.2) is 9.13 Å². The topological polar surface area (TPSA) is 9.86 Å². The van der Waals surface area contributed by atoms with Crippen LogP contribution in [0.25, 0.3) is 109 Å². The lowest BCUT2D eigenvalue weighted by Gasteiger charge is -2.13. The lowest BCUT2D eigenvalue weighted by atomic mass is 9.93. The van der Waals surface area contributed by atoms with Crippen LogP contribution in [0.4, 0.5) is 0 Å². The summed E-state index contributed by atoms with van der Waals surface area (Å²) in [6.45, 7) is 0. The molecule has 12 rings (SSSR count). The Balaban J connectivity index is 1.19. The largest absolute Gasteiger partial charge is 0.309 e. The molecule has 2 heterocycles. The minimum absolute atomic E-state index is 1.15. The van der Waals surface area contributed by atoms with Gasteiger partial charge in [-0.15, -0.1) is 0 Å². The molecule has 12 aromatic rings. The Hall–Kier alpha value is -7.16. The van der Waals surface area contributed by atoms with Gasteiger partial charge in [-0.1, -0.05) is 133 Å². The molecule has 0 aliphatic heterocycles. The summed E-state index contributed by atoms with van der Waals surface area (Å²) in [7, 11) is 0. The van der Waals surface area contributed by atoms with E-state index in [1.54, 1.807) is 0 Å². The quantitative estimate of drug-likeness (QED) is 0.164. The standard InChI is InChI=1S/C52H32N2/c1-2-12-33(13-3-1)36-23-26-50-46(29-36)43-20-10-11-21-49(43)53(50)38-25-27-51-47(30-38)48-31-44-41-18-8-6-16-39(41)40-17-7-9-19-42(40)45(44)32-52(48)54(51)37-24-22-34-14-4-5-15-35(34)28-37/h1-32H. The first-order chi connectivity index (χ1) is 26.8. The van der Waals surface area contributed by atoms with Crippen molar-refractivity contribution in [1.29, 1.82) is 0 Å². The number of nitrogens with zero attached hydrogens (tertiary/aromatic N) is 2. The smallest absolute Gasteiger partial charge is 0.0547 e. The van der Waals surface area contributed by atoms with E-state index in [1.165, 1.54) is 97.8 Å². The highest BCUT2D eigenvalue weighted by molar-refractivity contribution is 6.29. The van der Waals surface area contributed by atoms with Crippen LogP contribution in [0.3, 0.4) is 0 Å². The summed E-state index contributed by atoms with van der Waals surface area (Å²) in [4.78, 5) is 0. The molecule has 0 fully saturated rings. The van der Waals surface area contributed by atoms with Crippen LogP contribution in [0.15, 0.2) is 194 Å². The van der Waals surface area contributed by atoms with Gasteiger partial charge < -0.3 is 9.13 Å². The molecule has 0 amide bonds. The molecule has 0 aliphatic carbocycles. The number of hydrogen-bond donors (Lipinski definition) is 0. The van der Waals surface area contributed by atoms with Crippen LogP contribution in [-0.2, 0) is 0 Å². The summed E-state index contributed by atoms with van der Waals surface area (Å²) in [6.07, 6.45) is 0. The molecule has 0 spiro atoms. The molecule has 0 saturated carbocycles. The lowest BCUT2D eigenvalue weighted by Crippen LogP contribution is -1.96. The van der Waals surface area contributed by atoms with Gasteiger partial charge in [-0.2, -0.15) is 0 Å². The van der Waals surface area contributed by atoms with Gasteiger partial charge in [0.1, 0.15) is 0 Å². The zero-order valence-electron chi connectivity index (χ0n) is 29.4. The lowest BCUT2D eigenvalue weighted by molar-refractivity contribution is 1.17. The third kappa shape index (κ3) is 4.17. The SMILES string of the molecule is c1ccc(-c2ccc3c(c2)c2ccccc2n3-c2ccc3c(c2)c2cc4c5ccccc5c5ccccc5c4cc2n3-c2ccc3ccccc3c2)cc1. The Morgan fingerprint density at radius 3 is 1.48 bits per heavy atom. The fourth-order valence-corrected chi connectivity index (χ4v) is 9.20. The van der Waals surface area contributed by atoms with Crippen molar-refractivity contribution in [2.45, 2.75) is 0 Å². The molecule has 0 N–H and O–H groups in total. The van der Waals surface area contributed by atoms with Crippen molar-refractivity contribution in [2.24, 2.45) is 0 Å². The van der Waals surface area contributed by atoms with Crippen LogP contribution in [0.5, 0.6) is 0 Å². The highest BCUT2D eigenvalue weighted by atomic mass is 15.0. The number of benzene rings is 10. The average Bonchev–Trinajstić information content (AvgIpc) is 3.75. The number of aromatic nitrogens is 2. The molecule has 250 valence electrons. The molecule has 54 heavy (non-hydrogen) atoms. The second kappa shape index (κ2) is 11.2. The van der Waals surface area contributed by atoms with E-state index in [1.807, 2.05) is 0 Å². The van der Waals surface area contributed by atoms with Crippen molar-refractivity contribution in [3.05, 3.63) is 194 Å². The average molecular weight is 685 g/mol. The molecule has 2 heteroatoms. The van der Waals surface area contributed by atoms with E-state index in [0.29, 0.717) is 0 Å². The van der Waals surface area contributed by atoms with Gasteiger partial charge in [0.05, 0.1) is 22.1 Å². The number of hydrogen-bond acceptors (Lipinski definition) is 0. The van der Waals surface area contributed by atoms with Gasteiger partial charge in [0.25, 0.3) is 0 Å². The molecule has 2 nitrogen and oxygen atoms in total. The Morgan fingerprint density at radius 2 is 0.722 bits per heavy atom. The van der Waals surface area contributed by atoms with Crippen LogP contribution in [0.2, 0.25) is 0 Å². The Morgan fingerprint density at radius 1 is 0.222 bits per heavy atom. The first-order valence-corrected chi connectivity index (χ1v) is 18.7. The Labute approximate surface area is 311 Å². The summed E-state index contributed by atoms with van der Waals surface area (Å²) in [5.41, 5.74) is 9.59. The minimum atomic E-state index is 1.15. The molecule has 0 atom stereocenters. The zero-order chi connectivity index (χ0) is 35.3. The highest BCUT2D eigenvalue weighted by Crippen LogP contribution is 2.43. The van der Waals surface area contributed by atoms with Crippen LogP contribution in [0, 0.1) is 0 Å². The number of fused-ring (bicyclic) bond motifs is 13. The molecule has 2 aromatic heterocycles. The Bertz CT molecular complexity index is 3490. The van der Waals surface area contributed by atoms with Gasteiger partial charge in [-0.3, -0.25) is 0 Å². The maximum absolute atomic E-state index is 2.47. The van der Waals surface area contributed by atoms with E-state index < -0.39 is 0 Å². The van der Waals surface area contributed by atoms with Crippen molar-refractivity contribution in [1.82, 2.24) is 9.13 Å². The van der Waals surface area contributed by atoms with E-state index in [-0.39, 0.29) is 0 Å². The maximum atomic E-state index is 2.47. The fourth-order valence-electron chi connectivity index (χ4n) is 9.20.